The van der Waals surface area contributed by atoms with Crippen LogP contribution >= 0.6 is 0 Å². The van der Waals surface area contributed by atoms with Gasteiger partial charge in [-0.05, 0) is 49.9 Å². The Labute approximate surface area is 120 Å². The highest BCUT2D eigenvalue weighted by atomic mass is 19.1. The maximum Gasteiger partial charge on any atom is 0.240 e. The van der Waals surface area contributed by atoms with E-state index in [9.17, 15) is 9.18 Å². The van der Waals surface area contributed by atoms with Gasteiger partial charge in [-0.1, -0.05) is 25.5 Å². The standard InChI is InChI=1S/C16H23FN2O/c1-2-8-16(9-4-10-19-16)15(20)18-11-7-13-5-3-6-14(17)12-13/h3,5-6,12,19H,2,4,7-11H2,1H3,(H,18,20). The molecule has 4 heteroatoms. The lowest BCUT2D eigenvalue weighted by Gasteiger charge is -2.27. The fourth-order valence-electron chi connectivity index (χ4n) is 2.94. The van der Waals surface area contributed by atoms with Gasteiger partial charge in [0.25, 0.3) is 0 Å². The molecule has 0 bridgehead atoms. The number of carbonyl (C=O) groups is 1. The second-order valence-corrected chi connectivity index (χ2v) is 5.50. The Kier molecular flexibility index (Phi) is 5.12. The first-order valence-electron chi connectivity index (χ1n) is 7.44. The van der Waals surface area contributed by atoms with E-state index in [1.54, 1.807) is 6.07 Å². The van der Waals surface area contributed by atoms with Crippen LogP contribution in [0.1, 0.15) is 38.2 Å². The minimum absolute atomic E-state index is 0.0910. The minimum atomic E-state index is -0.378. The summed E-state index contributed by atoms with van der Waals surface area (Å²) in [5.41, 5.74) is 0.533. The molecule has 2 rings (SSSR count). The first-order valence-corrected chi connectivity index (χ1v) is 7.44. The van der Waals surface area contributed by atoms with Crippen LogP contribution in [0.5, 0.6) is 0 Å². The summed E-state index contributed by atoms with van der Waals surface area (Å²) in [5.74, 6) is -0.137. The lowest BCUT2D eigenvalue weighted by atomic mass is 9.91. The van der Waals surface area contributed by atoms with Gasteiger partial charge >= 0.3 is 0 Å². The molecule has 1 atom stereocenters. The van der Waals surface area contributed by atoms with Gasteiger partial charge < -0.3 is 10.6 Å². The van der Waals surface area contributed by atoms with Crippen molar-refractivity contribution in [3.8, 4) is 0 Å². The normalized spacial score (nSPS) is 21.9. The highest BCUT2D eigenvalue weighted by molar-refractivity contribution is 5.86. The van der Waals surface area contributed by atoms with Gasteiger partial charge in [0, 0.05) is 6.54 Å². The predicted molar refractivity (Wildman–Crippen MR) is 78.0 cm³/mol. The van der Waals surface area contributed by atoms with Crippen molar-refractivity contribution in [2.45, 2.75) is 44.6 Å². The molecule has 1 saturated heterocycles. The van der Waals surface area contributed by atoms with Crippen molar-refractivity contribution in [3.05, 3.63) is 35.6 Å². The van der Waals surface area contributed by atoms with Crippen molar-refractivity contribution in [1.82, 2.24) is 10.6 Å². The van der Waals surface area contributed by atoms with Crippen LogP contribution in [0.4, 0.5) is 4.39 Å². The molecule has 1 fully saturated rings. The predicted octanol–water partition coefficient (Wildman–Crippen LogP) is 2.41. The van der Waals surface area contributed by atoms with Gasteiger partial charge in [-0.15, -0.1) is 0 Å². The summed E-state index contributed by atoms with van der Waals surface area (Å²) in [6.45, 7) is 3.56. The summed E-state index contributed by atoms with van der Waals surface area (Å²) in [5, 5.41) is 6.35. The molecule has 1 unspecified atom stereocenters. The Balaban J connectivity index is 1.85. The van der Waals surface area contributed by atoms with Gasteiger partial charge in [0.15, 0.2) is 0 Å². The molecule has 20 heavy (non-hydrogen) atoms. The first-order chi connectivity index (χ1) is 9.66. The van der Waals surface area contributed by atoms with Crippen LogP contribution < -0.4 is 10.6 Å². The van der Waals surface area contributed by atoms with E-state index in [2.05, 4.69) is 17.6 Å². The smallest absolute Gasteiger partial charge is 0.240 e. The van der Waals surface area contributed by atoms with E-state index in [4.69, 9.17) is 0 Å². The molecule has 110 valence electrons. The van der Waals surface area contributed by atoms with E-state index in [0.29, 0.717) is 13.0 Å². The SMILES string of the molecule is CCCC1(C(=O)NCCc2cccc(F)c2)CCCN1. The maximum atomic E-state index is 13.1. The van der Waals surface area contributed by atoms with Gasteiger partial charge in [0.1, 0.15) is 5.82 Å². The molecule has 1 aromatic rings. The monoisotopic (exact) mass is 278 g/mol. The lowest BCUT2D eigenvalue weighted by Crippen LogP contribution is -2.53. The first kappa shape index (κ1) is 15.0. The summed E-state index contributed by atoms with van der Waals surface area (Å²) in [6.07, 6.45) is 4.48. The fourth-order valence-corrected chi connectivity index (χ4v) is 2.94. The van der Waals surface area contributed by atoms with Gasteiger partial charge in [-0.3, -0.25) is 4.79 Å². The van der Waals surface area contributed by atoms with Crippen LogP contribution in [0.2, 0.25) is 0 Å². The quantitative estimate of drug-likeness (QED) is 0.839. The molecule has 0 spiro atoms. The third-order valence-corrected chi connectivity index (χ3v) is 3.94. The number of rotatable bonds is 6. The molecule has 0 aromatic heterocycles. The minimum Gasteiger partial charge on any atom is -0.354 e. The summed E-state index contributed by atoms with van der Waals surface area (Å²) < 4.78 is 13.1. The number of halogens is 1. The van der Waals surface area contributed by atoms with Gasteiger partial charge in [-0.25, -0.2) is 4.39 Å². The average Bonchev–Trinajstić information content (AvgIpc) is 2.89. The topological polar surface area (TPSA) is 41.1 Å². The lowest BCUT2D eigenvalue weighted by molar-refractivity contribution is -0.127. The number of hydrogen-bond donors (Lipinski definition) is 2. The summed E-state index contributed by atoms with van der Waals surface area (Å²) in [4.78, 5) is 12.4. The molecule has 1 heterocycles. The Morgan fingerprint density at radius 1 is 1.50 bits per heavy atom. The Morgan fingerprint density at radius 3 is 3.00 bits per heavy atom. The molecule has 1 aliphatic rings. The molecule has 1 aromatic carbocycles. The summed E-state index contributed by atoms with van der Waals surface area (Å²) >= 11 is 0. The molecule has 3 nitrogen and oxygen atoms in total. The molecule has 2 N–H and O–H groups in total. The number of hydrogen-bond acceptors (Lipinski definition) is 2. The second-order valence-electron chi connectivity index (χ2n) is 5.50. The molecule has 1 amide bonds. The second kappa shape index (κ2) is 6.84. The number of benzene rings is 1. The van der Waals surface area contributed by atoms with Crippen molar-refractivity contribution >= 4 is 5.91 Å². The van der Waals surface area contributed by atoms with Crippen molar-refractivity contribution in [2.24, 2.45) is 0 Å². The van der Waals surface area contributed by atoms with E-state index in [-0.39, 0.29) is 17.3 Å². The molecule has 0 radical (unpaired) electrons. The van der Waals surface area contributed by atoms with Gasteiger partial charge in [-0.2, -0.15) is 0 Å². The van der Waals surface area contributed by atoms with Gasteiger partial charge in [0.2, 0.25) is 5.91 Å². The number of nitrogens with one attached hydrogen (secondary N) is 2. The number of carbonyl (C=O) groups excluding carboxylic acids is 1. The van der Waals surface area contributed by atoms with E-state index in [0.717, 1.165) is 37.8 Å². The van der Waals surface area contributed by atoms with Crippen LogP contribution in [0.25, 0.3) is 0 Å². The van der Waals surface area contributed by atoms with Crippen LogP contribution in [0, 0.1) is 5.82 Å². The summed E-state index contributed by atoms with van der Waals surface area (Å²) in [7, 11) is 0. The molecule has 0 aliphatic carbocycles. The van der Waals surface area contributed by atoms with Crippen LogP contribution in [-0.2, 0) is 11.2 Å². The van der Waals surface area contributed by atoms with E-state index in [1.807, 2.05) is 6.07 Å². The summed E-state index contributed by atoms with van der Waals surface area (Å²) in [6, 6.07) is 6.52. The van der Waals surface area contributed by atoms with Crippen molar-refractivity contribution < 1.29 is 9.18 Å². The van der Waals surface area contributed by atoms with Crippen molar-refractivity contribution in [1.29, 1.82) is 0 Å². The Hall–Kier alpha value is -1.42. The molecule has 1 aliphatic heterocycles. The highest BCUT2D eigenvalue weighted by Gasteiger charge is 2.39. The fraction of sp³-hybridized carbons (Fsp3) is 0.562. The van der Waals surface area contributed by atoms with Crippen LogP contribution in [0.15, 0.2) is 24.3 Å². The zero-order valence-electron chi connectivity index (χ0n) is 12.0. The zero-order valence-corrected chi connectivity index (χ0v) is 12.0. The van der Waals surface area contributed by atoms with E-state index < -0.39 is 0 Å². The highest BCUT2D eigenvalue weighted by Crippen LogP contribution is 2.24. The van der Waals surface area contributed by atoms with E-state index in [1.165, 1.54) is 12.1 Å². The Bertz CT molecular complexity index is 456. The van der Waals surface area contributed by atoms with Crippen molar-refractivity contribution in [3.63, 3.8) is 0 Å². The van der Waals surface area contributed by atoms with Gasteiger partial charge in [0.05, 0.1) is 5.54 Å². The molecular weight excluding hydrogens is 255 g/mol. The average molecular weight is 278 g/mol. The molecule has 0 saturated carbocycles. The third-order valence-electron chi connectivity index (χ3n) is 3.94. The largest absolute Gasteiger partial charge is 0.354 e. The van der Waals surface area contributed by atoms with E-state index >= 15 is 0 Å². The van der Waals surface area contributed by atoms with Crippen molar-refractivity contribution in [2.75, 3.05) is 13.1 Å². The zero-order chi connectivity index (χ0) is 14.4. The van der Waals surface area contributed by atoms with Crippen LogP contribution in [-0.4, -0.2) is 24.5 Å². The molecular formula is C16H23FN2O. The number of amides is 1. The maximum absolute atomic E-state index is 13.1. The van der Waals surface area contributed by atoms with Crippen LogP contribution in [0.3, 0.4) is 0 Å². The third kappa shape index (κ3) is 3.57. The Morgan fingerprint density at radius 2 is 2.35 bits per heavy atom.